The van der Waals surface area contributed by atoms with Gasteiger partial charge in [0.1, 0.15) is 0 Å². The third kappa shape index (κ3) is 3.63. The molecular formula is C21H27Br. The fourth-order valence-electron chi connectivity index (χ4n) is 2.91. The highest BCUT2D eigenvalue weighted by Crippen LogP contribution is 2.38. The SMILES string of the molecule is CC(C)c1cc(C(C)C)c(-c2ccc(Br)cc2)c(C(C)C)c1. The summed E-state index contributed by atoms with van der Waals surface area (Å²) in [6, 6.07) is 13.6. The molecule has 0 heterocycles. The van der Waals surface area contributed by atoms with Crippen LogP contribution in [0.5, 0.6) is 0 Å². The molecule has 0 radical (unpaired) electrons. The van der Waals surface area contributed by atoms with Gasteiger partial charge in [0.05, 0.1) is 0 Å². The highest BCUT2D eigenvalue weighted by Gasteiger charge is 2.18. The van der Waals surface area contributed by atoms with Crippen LogP contribution in [-0.2, 0) is 0 Å². The molecule has 0 saturated heterocycles. The Balaban J connectivity index is 2.76. The maximum absolute atomic E-state index is 3.54. The number of hydrogen-bond acceptors (Lipinski definition) is 0. The van der Waals surface area contributed by atoms with Gasteiger partial charge in [0.15, 0.2) is 0 Å². The van der Waals surface area contributed by atoms with Crippen LogP contribution in [0.4, 0.5) is 0 Å². The van der Waals surface area contributed by atoms with Crippen molar-refractivity contribution in [1.29, 1.82) is 0 Å². The molecule has 118 valence electrons. The van der Waals surface area contributed by atoms with E-state index in [2.05, 4.69) is 93.9 Å². The molecule has 0 spiro atoms. The van der Waals surface area contributed by atoms with Crippen LogP contribution in [0.25, 0.3) is 11.1 Å². The van der Waals surface area contributed by atoms with Gasteiger partial charge in [0, 0.05) is 4.47 Å². The van der Waals surface area contributed by atoms with Crippen molar-refractivity contribution in [3.05, 3.63) is 57.6 Å². The van der Waals surface area contributed by atoms with Gasteiger partial charge in [-0.3, -0.25) is 0 Å². The summed E-state index contributed by atoms with van der Waals surface area (Å²) in [5, 5.41) is 0. The Morgan fingerprint density at radius 3 is 1.50 bits per heavy atom. The van der Waals surface area contributed by atoms with E-state index in [1.54, 1.807) is 0 Å². The van der Waals surface area contributed by atoms with Crippen LogP contribution in [0, 0.1) is 0 Å². The van der Waals surface area contributed by atoms with Gasteiger partial charge in [-0.05, 0) is 57.7 Å². The molecule has 0 amide bonds. The molecule has 0 atom stereocenters. The Hall–Kier alpha value is -1.08. The predicted octanol–water partition coefficient (Wildman–Crippen LogP) is 7.49. The minimum atomic E-state index is 0.523. The van der Waals surface area contributed by atoms with Crippen molar-refractivity contribution < 1.29 is 0 Å². The average molecular weight is 359 g/mol. The average Bonchev–Trinajstić information content (AvgIpc) is 2.46. The summed E-state index contributed by atoms with van der Waals surface area (Å²) >= 11 is 3.54. The van der Waals surface area contributed by atoms with Gasteiger partial charge in [-0.2, -0.15) is 0 Å². The summed E-state index contributed by atoms with van der Waals surface area (Å²) < 4.78 is 1.13. The molecule has 0 N–H and O–H groups in total. The molecule has 0 fully saturated rings. The van der Waals surface area contributed by atoms with Crippen molar-refractivity contribution in [3.63, 3.8) is 0 Å². The molecule has 0 saturated carbocycles. The van der Waals surface area contributed by atoms with Crippen LogP contribution in [-0.4, -0.2) is 0 Å². The van der Waals surface area contributed by atoms with Crippen LogP contribution in [0.15, 0.2) is 40.9 Å². The lowest BCUT2D eigenvalue weighted by molar-refractivity contribution is 0.807. The van der Waals surface area contributed by atoms with Gasteiger partial charge in [-0.25, -0.2) is 0 Å². The molecular weight excluding hydrogens is 332 g/mol. The van der Waals surface area contributed by atoms with E-state index in [1.807, 2.05) is 0 Å². The second-order valence-corrected chi connectivity index (χ2v) is 7.96. The molecule has 2 aromatic rings. The van der Waals surface area contributed by atoms with E-state index in [1.165, 1.54) is 27.8 Å². The van der Waals surface area contributed by atoms with Gasteiger partial charge in [-0.1, -0.05) is 81.7 Å². The molecule has 2 aromatic carbocycles. The first kappa shape index (κ1) is 17.3. The standard InChI is InChI=1S/C21H27Br/c1-13(2)17-11-19(14(3)4)21(20(12-17)15(5)6)16-7-9-18(22)10-8-16/h7-15H,1-6H3. The molecule has 0 nitrogen and oxygen atoms in total. The smallest absolute Gasteiger partial charge is 0.0175 e. The fraction of sp³-hybridized carbons (Fsp3) is 0.429. The van der Waals surface area contributed by atoms with E-state index >= 15 is 0 Å². The summed E-state index contributed by atoms with van der Waals surface area (Å²) in [6.07, 6.45) is 0. The molecule has 0 aliphatic rings. The van der Waals surface area contributed by atoms with Crippen LogP contribution < -0.4 is 0 Å². The van der Waals surface area contributed by atoms with E-state index in [0.29, 0.717) is 17.8 Å². The Kier molecular flexibility index (Phi) is 5.50. The first-order valence-corrected chi connectivity index (χ1v) is 9.04. The van der Waals surface area contributed by atoms with E-state index in [9.17, 15) is 0 Å². The van der Waals surface area contributed by atoms with Crippen molar-refractivity contribution in [2.45, 2.75) is 59.3 Å². The van der Waals surface area contributed by atoms with Gasteiger partial charge >= 0.3 is 0 Å². The zero-order valence-corrected chi connectivity index (χ0v) is 16.2. The predicted molar refractivity (Wildman–Crippen MR) is 102 cm³/mol. The van der Waals surface area contributed by atoms with Crippen molar-refractivity contribution >= 4 is 15.9 Å². The maximum Gasteiger partial charge on any atom is 0.0175 e. The lowest BCUT2D eigenvalue weighted by atomic mass is 9.82. The van der Waals surface area contributed by atoms with Crippen LogP contribution >= 0.6 is 15.9 Å². The summed E-state index contributed by atoms with van der Waals surface area (Å²) in [5.74, 6) is 1.61. The van der Waals surface area contributed by atoms with Gasteiger partial charge < -0.3 is 0 Å². The monoisotopic (exact) mass is 358 g/mol. The summed E-state index contributed by atoms with van der Waals surface area (Å²) in [7, 11) is 0. The molecule has 0 aliphatic carbocycles. The van der Waals surface area contributed by atoms with Crippen molar-refractivity contribution in [2.75, 3.05) is 0 Å². The van der Waals surface area contributed by atoms with Crippen LogP contribution in [0.1, 0.15) is 76.0 Å². The quantitative estimate of drug-likeness (QED) is 0.530. The van der Waals surface area contributed by atoms with Crippen molar-refractivity contribution in [1.82, 2.24) is 0 Å². The number of benzene rings is 2. The first-order valence-electron chi connectivity index (χ1n) is 8.25. The molecule has 2 rings (SSSR count). The zero-order chi connectivity index (χ0) is 16.4. The highest BCUT2D eigenvalue weighted by atomic mass is 79.9. The van der Waals surface area contributed by atoms with E-state index in [4.69, 9.17) is 0 Å². The molecule has 0 aliphatic heterocycles. The highest BCUT2D eigenvalue weighted by molar-refractivity contribution is 9.10. The summed E-state index contributed by atoms with van der Waals surface area (Å²) in [4.78, 5) is 0. The summed E-state index contributed by atoms with van der Waals surface area (Å²) in [6.45, 7) is 13.8. The number of hydrogen-bond donors (Lipinski definition) is 0. The zero-order valence-electron chi connectivity index (χ0n) is 14.6. The third-order valence-corrected chi connectivity index (χ3v) is 4.79. The van der Waals surface area contributed by atoms with Gasteiger partial charge in [0.2, 0.25) is 0 Å². The van der Waals surface area contributed by atoms with E-state index < -0.39 is 0 Å². The van der Waals surface area contributed by atoms with Crippen molar-refractivity contribution in [3.8, 4) is 11.1 Å². The lowest BCUT2D eigenvalue weighted by Gasteiger charge is -2.23. The molecule has 0 aromatic heterocycles. The molecule has 0 bridgehead atoms. The second-order valence-electron chi connectivity index (χ2n) is 7.05. The molecule has 22 heavy (non-hydrogen) atoms. The normalized spacial score (nSPS) is 11.7. The molecule has 1 heteroatoms. The van der Waals surface area contributed by atoms with E-state index in [-0.39, 0.29) is 0 Å². The topological polar surface area (TPSA) is 0 Å². The second kappa shape index (κ2) is 7.00. The minimum absolute atomic E-state index is 0.523. The molecule has 0 unspecified atom stereocenters. The third-order valence-electron chi connectivity index (χ3n) is 4.27. The lowest BCUT2D eigenvalue weighted by Crippen LogP contribution is -2.03. The van der Waals surface area contributed by atoms with Crippen LogP contribution in [0.3, 0.4) is 0 Å². The Morgan fingerprint density at radius 2 is 1.14 bits per heavy atom. The summed E-state index contributed by atoms with van der Waals surface area (Å²) in [5.41, 5.74) is 7.15. The largest absolute Gasteiger partial charge is 0.0587 e. The number of halogens is 1. The Labute approximate surface area is 144 Å². The first-order chi connectivity index (χ1) is 10.3. The minimum Gasteiger partial charge on any atom is -0.0587 e. The Bertz CT molecular complexity index is 604. The van der Waals surface area contributed by atoms with Gasteiger partial charge in [-0.15, -0.1) is 0 Å². The maximum atomic E-state index is 3.54. The van der Waals surface area contributed by atoms with Gasteiger partial charge in [0.25, 0.3) is 0 Å². The number of rotatable bonds is 4. The fourth-order valence-corrected chi connectivity index (χ4v) is 3.17. The Morgan fingerprint density at radius 1 is 0.682 bits per heavy atom. The van der Waals surface area contributed by atoms with Crippen molar-refractivity contribution in [2.24, 2.45) is 0 Å². The van der Waals surface area contributed by atoms with Crippen LogP contribution in [0.2, 0.25) is 0 Å². The van der Waals surface area contributed by atoms with E-state index in [0.717, 1.165) is 4.47 Å².